The van der Waals surface area contributed by atoms with Gasteiger partial charge < -0.3 is 9.67 Å². The number of hydrogen-bond acceptors (Lipinski definition) is 3. The molecule has 0 radical (unpaired) electrons. The van der Waals surface area contributed by atoms with Crippen LogP contribution in [0.1, 0.15) is 36.2 Å². The van der Waals surface area contributed by atoms with Crippen molar-refractivity contribution in [3.8, 4) is 11.3 Å². The topological polar surface area (TPSA) is 59.3 Å². The minimum atomic E-state index is -0.828. The van der Waals surface area contributed by atoms with Gasteiger partial charge in [0.05, 0.1) is 12.0 Å². The number of hydrogen-bond donors (Lipinski definition) is 1. The molecule has 2 heterocycles. The number of rotatable bonds is 1. The van der Waals surface area contributed by atoms with E-state index in [4.69, 9.17) is 0 Å². The molecule has 1 aliphatic carbocycles. The predicted octanol–water partition coefficient (Wildman–Crippen LogP) is 3.77. The van der Waals surface area contributed by atoms with Crippen molar-refractivity contribution >= 4 is 11.6 Å². The maximum Gasteiger partial charge on any atom is 0.216 e. The number of aliphatic hydroxyl groups is 1. The third-order valence-corrected chi connectivity index (χ3v) is 5.15. The van der Waals surface area contributed by atoms with Crippen molar-refractivity contribution in [1.29, 1.82) is 0 Å². The van der Waals surface area contributed by atoms with E-state index >= 15 is 0 Å². The Morgan fingerprint density at radius 2 is 1.62 bits per heavy atom. The molecule has 1 aliphatic heterocycles. The summed E-state index contributed by atoms with van der Waals surface area (Å²) in [6, 6.07) is 9.48. The smallest absolute Gasteiger partial charge is 0.216 e. The molecular weight excluding hydrogens is 309 g/mol. The van der Waals surface area contributed by atoms with Crippen LogP contribution in [0.4, 0.5) is 4.39 Å². The summed E-state index contributed by atoms with van der Waals surface area (Å²) in [7, 11) is 0. The second kappa shape index (κ2) is 5.16. The lowest BCUT2D eigenvalue weighted by molar-refractivity contribution is -0.123. The van der Waals surface area contributed by atoms with Crippen molar-refractivity contribution in [3.63, 3.8) is 0 Å². The maximum atomic E-state index is 13.2. The lowest BCUT2D eigenvalue weighted by atomic mass is 9.81. The number of benzene rings is 1. The monoisotopic (exact) mass is 325 g/mol. The normalized spacial score (nSPS) is 20.8. The van der Waals surface area contributed by atoms with Crippen molar-refractivity contribution in [2.24, 2.45) is 0 Å². The number of halogens is 1. The Balaban J connectivity index is 1.99. The summed E-state index contributed by atoms with van der Waals surface area (Å²) in [6.45, 7) is 0. The van der Waals surface area contributed by atoms with Gasteiger partial charge in [0, 0.05) is 5.69 Å². The summed E-state index contributed by atoms with van der Waals surface area (Å²) in [4.78, 5) is 25.5. The Labute approximate surface area is 138 Å². The standard InChI is InChI=1S/C19H16FNO3/c20-13-5-3-12(4-6-13)15-7-8-16-17(23)14(11-22)18(24)19(21(15)16)9-1-2-10-19/h3-8,11,22H,1-2,9-10H2. The predicted molar refractivity (Wildman–Crippen MR) is 86.3 cm³/mol. The molecular formula is C19H16FNO3. The molecule has 122 valence electrons. The molecule has 0 amide bonds. The summed E-state index contributed by atoms with van der Waals surface area (Å²) >= 11 is 0. The molecule has 1 fully saturated rings. The number of ketones is 2. The van der Waals surface area contributed by atoms with Crippen LogP contribution in [0.3, 0.4) is 0 Å². The molecule has 1 aromatic carbocycles. The lowest BCUT2D eigenvalue weighted by Gasteiger charge is -2.37. The van der Waals surface area contributed by atoms with E-state index in [1.165, 1.54) is 12.1 Å². The van der Waals surface area contributed by atoms with Crippen LogP contribution in [0.5, 0.6) is 0 Å². The molecule has 2 aliphatic rings. The van der Waals surface area contributed by atoms with Crippen molar-refractivity contribution in [3.05, 3.63) is 59.7 Å². The minimum Gasteiger partial charge on any atom is -0.515 e. The van der Waals surface area contributed by atoms with Crippen LogP contribution in [-0.4, -0.2) is 21.2 Å². The number of Topliss-reactive ketones (excluding diaryl/α,β-unsaturated/α-hetero) is 2. The van der Waals surface area contributed by atoms with Crippen LogP contribution in [0.15, 0.2) is 48.2 Å². The van der Waals surface area contributed by atoms with E-state index in [-0.39, 0.29) is 17.2 Å². The Morgan fingerprint density at radius 3 is 2.25 bits per heavy atom. The molecule has 1 N–H and O–H groups in total. The number of allylic oxidation sites excluding steroid dienone is 1. The summed E-state index contributed by atoms with van der Waals surface area (Å²) < 4.78 is 15.0. The summed E-state index contributed by atoms with van der Waals surface area (Å²) in [5.74, 6) is -1.12. The third kappa shape index (κ3) is 1.84. The SMILES string of the molecule is O=C1C(=CO)C(=O)C2(CCCC2)n2c1ccc2-c1ccc(F)cc1. The first-order chi connectivity index (χ1) is 11.6. The number of aliphatic hydroxyl groups excluding tert-OH is 1. The van der Waals surface area contributed by atoms with Crippen LogP contribution in [0, 0.1) is 5.82 Å². The van der Waals surface area contributed by atoms with E-state index in [9.17, 15) is 19.1 Å². The average Bonchev–Trinajstić information content (AvgIpc) is 3.23. The number of carbonyl (C=O) groups is 2. The lowest BCUT2D eigenvalue weighted by Crippen LogP contribution is -2.47. The van der Waals surface area contributed by atoms with Gasteiger partial charge in [-0.3, -0.25) is 9.59 Å². The zero-order chi connectivity index (χ0) is 16.9. The van der Waals surface area contributed by atoms with Crippen LogP contribution in [0.25, 0.3) is 11.3 Å². The van der Waals surface area contributed by atoms with Crippen LogP contribution in [-0.2, 0) is 10.3 Å². The zero-order valence-electron chi connectivity index (χ0n) is 13.0. The summed E-state index contributed by atoms with van der Waals surface area (Å²) in [5.41, 5.74) is 0.909. The quantitative estimate of drug-likeness (QED) is 0.493. The van der Waals surface area contributed by atoms with Crippen molar-refractivity contribution < 1.29 is 19.1 Å². The van der Waals surface area contributed by atoms with Crippen molar-refractivity contribution in [2.45, 2.75) is 31.2 Å². The molecule has 1 spiro atoms. The van der Waals surface area contributed by atoms with Crippen LogP contribution < -0.4 is 0 Å². The Kier molecular flexibility index (Phi) is 3.20. The number of nitrogens with zero attached hydrogens (tertiary/aromatic N) is 1. The summed E-state index contributed by atoms with van der Waals surface area (Å²) in [6.07, 6.45) is 3.68. The highest BCUT2D eigenvalue weighted by Crippen LogP contribution is 2.46. The van der Waals surface area contributed by atoms with Gasteiger partial charge in [0.15, 0.2) is 5.78 Å². The molecule has 4 nitrogen and oxygen atoms in total. The van der Waals surface area contributed by atoms with E-state index in [1.807, 2.05) is 4.57 Å². The van der Waals surface area contributed by atoms with E-state index in [0.717, 1.165) is 24.1 Å². The van der Waals surface area contributed by atoms with E-state index in [1.54, 1.807) is 24.3 Å². The molecule has 1 saturated carbocycles. The molecule has 2 aromatic rings. The Bertz CT molecular complexity index is 871. The second-order valence-electron chi connectivity index (χ2n) is 6.39. The maximum absolute atomic E-state index is 13.2. The molecule has 5 heteroatoms. The van der Waals surface area contributed by atoms with E-state index in [2.05, 4.69) is 0 Å². The highest BCUT2D eigenvalue weighted by atomic mass is 19.1. The van der Waals surface area contributed by atoms with Gasteiger partial charge in [-0.1, -0.05) is 12.8 Å². The fraction of sp³-hybridized carbons (Fsp3) is 0.263. The molecule has 4 rings (SSSR count). The van der Waals surface area contributed by atoms with E-state index < -0.39 is 11.3 Å². The van der Waals surface area contributed by atoms with Gasteiger partial charge in [0.25, 0.3) is 0 Å². The highest BCUT2D eigenvalue weighted by Gasteiger charge is 2.51. The first-order valence-corrected chi connectivity index (χ1v) is 8.00. The number of carbonyl (C=O) groups excluding carboxylic acids is 2. The minimum absolute atomic E-state index is 0.145. The van der Waals surface area contributed by atoms with E-state index in [0.29, 0.717) is 24.8 Å². The molecule has 0 unspecified atom stereocenters. The Morgan fingerprint density at radius 1 is 1.00 bits per heavy atom. The van der Waals surface area contributed by atoms with Crippen LogP contribution >= 0.6 is 0 Å². The first-order valence-electron chi connectivity index (χ1n) is 8.00. The molecule has 1 aromatic heterocycles. The molecule has 0 bridgehead atoms. The third-order valence-electron chi connectivity index (χ3n) is 5.15. The first kappa shape index (κ1) is 14.9. The fourth-order valence-electron chi connectivity index (χ4n) is 4.04. The fourth-order valence-corrected chi connectivity index (χ4v) is 4.04. The van der Waals surface area contributed by atoms with Gasteiger partial charge in [-0.2, -0.15) is 0 Å². The Hall–Kier alpha value is -2.69. The zero-order valence-corrected chi connectivity index (χ0v) is 13.0. The second-order valence-corrected chi connectivity index (χ2v) is 6.39. The molecule has 24 heavy (non-hydrogen) atoms. The van der Waals surface area contributed by atoms with Gasteiger partial charge in [0.2, 0.25) is 5.78 Å². The van der Waals surface area contributed by atoms with Gasteiger partial charge in [-0.05, 0) is 54.8 Å². The number of fused-ring (bicyclic) bond motifs is 2. The van der Waals surface area contributed by atoms with Crippen molar-refractivity contribution in [2.75, 3.05) is 0 Å². The molecule has 0 saturated heterocycles. The van der Waals surface area contributed by atoms with Gasteiger partial charge in [-0.25, -0.2) is 4.39 Å². The number of aromatic nitrogens is 1. The van der Waals surface area contributed by atoms with Gasteiger partial charge in [0.1, 0.15) is 16.9 Å². The molecule has 0 atom stereocenters. The highest BCUT2D eigenvalue weighted by molar-refractivity contribution is 6.30. The van der Waals surface area contributed by atoms with Gasteiger partial charge in [-0.15, -0.1) is 0 Å². The van der Waals surface area contributed by atoms with Crippen molar-refractivity contribution in [1.82, 2.24) is 4.57 Å². The average molecular weight is 325 g/mol. The van der Waals surface area contributed by atoms with Gasteiger partial charge >= 0.3 is 0 Å². The van der Waals surface area contributed by atoms with Crippen LogP contribution in [0.2, 0.25) is 0 Å². The largest absolute Gasteiger partial charge is 0.515 e. The summed E-state index contributed by atoms with van der Waals surface area (Å²) in [5, 5.41) is 9.40.